The Labute approximate surface area is 227 Å². The molecule has 0 radical (unpaired) electrons. The molecule has 0 aliphatic rings. The number of carboxylic acids is 1. The van der Waals surface area contributed by atoms with Gasteiger partial charge in [0.25, 0.3) is 0 Å². The average Bonchev–Trinajstić information content (AvgIpc) is 2.84. The number of aliphatic carboxylic acids is 1. The Morgan fingerprint density at radius 2 is 1.44 bits per heavy atom. The van der Waals surface area contributed by atoms with Gasteiger partial charge in [-0.25, -0.2) is 4.79 Å². The number of nitrogens with one attached hydrogen (secondary N) is 3. The van der Waals surface area contributed by atoms with Crippen LogP contribution in [-0.2, 0) is 30.4 Å². The van der Waals surface area contributed by atoms with Crippen molar-refractivity contribution in [3.05, 3.63) is 35.9 Å². The Balaban J connectivity index is 3.05. The lowest BCUT2D eigenvalue weighted by atomic mass is 10.0. The number of hydrogen-bond donors (Lipinski definition) is 8. The van der Waals surface area contributed by atoms with Gasteiger partial charge in [0.1, 0.15) is 18.1 Å². The summed E-state index contributed by atoms with van der Waals surface area (Å²) in [6, 6.07) is 3.75. The average molecular weight is 549 g/mol. The molecule has 216 valence electrons. The maximum Gasteiger partial charge on any atom is 0.326 e. The van der Waals surface area contributed by atoms with Crippen LogP contribution in [0.25, 0.3) is 0 Å². The highest BCUT2D eigenvalue weighted by atomic mass is 16.4. The smallest absolute Gasteiger partial charge is 0.326 e. The van der Waals surface area contributed by atoms with E-state index < -0.39 is 60.2 Å². The van der Waals surface area contributed by atoms with Gasteiger partial charge in [0.2, 0.25) is 23.6 Å². The van der Waals surface area contributed by atoms with Crippen molar-refractivity contribution < 1.29 is 29.1 Å². The van der Waals surface area contributed by atoms with E-state index >= 15 is 0 Å². The monoisotopic (exact) mass is 548 g/mol. The molecular weight excluding hydrogens is 508 g/mol. The predicted molar refractivity (Wildman–Crippen MR) is 145 cm³/mol. The number of nitrogens with two attached hydrogens (primary N) is 4. The van der Waals surface area contributed by atoms with Gasteiger partial charge in [-0.1, -0.05) is 44.2 Å². The Morgan fingerprint density at radius 1 is 0.872 bits per heavy atom. The molecule has 0 fully saturated rings. The normalized spacial score (nSPS) is 13.8. The zero-order valence-electron chi connectivity index (χ0n) is 22.3. The first-order valence-corrected chi connectivity index (χ1v) is 12.6. The molecule has 4 atom stereocenters. The Kier molecular flexibility index (Phi) is 14.0. The predicted octanol–water partition coefficient (Wildman–Crippen LogP) is -1.93. The highest BCUT2D eigenvalue weighted by Crippen LogP contribution is 2.07. The molecule has 0 bridgehead atoms. The van der Waals surface area contributed by atoms with Gasteiger partial charge in [0, 0.05) is 13.0 Å². The number of amides is 4. The molecule has 0 aliphatic carbocycles. The largest absolute Gasteiger partial charge is 0.480 e. The minimum absolute atomic E-state index is 0.0314. The van der Waals surface area contributed by atoms with Gasteiger partial charge in [-0.3, -0.25) is 24.2 Å². The fraction of sp³-hybridized carbons (Fsp3) is 0.520. The highest BCUT2D eigenvalue weighted by Gasteiger charge is 2.31. The van der Waals surface area contributed by atoms with Gasteiger partial charge in [0.05, 0.1) is 12.5 Å². The number of hydrogen-bond acceptors (Lipinski definition) is 7. The van der Waals surface area contributed by atoms with Crippen LogP contribution in [0.3, 0.4) is 0 Å². The zero-order chi connectivity index (χ0) is 29.5. The molecular formula is C25H40N8O6. The molecule has 14 nitrogen and oxygen atoms in total. The van der Waals surface area contributed by atoms with Gasteiger partial charge in [0.15, 0.2) is 5.96 Å². The molecule has 1 aromatic rings. The molecule has 0 aromatic heterocycles. The summed E-state index contributed by atoms with van der Waals surface area (Å²) in [5, 5.41) is 16.9. The molecule has 0 saturated heterocycles. The van der Waals surface area contributed by atoms with Crippen LogP contribution in [0.4, 0.5) is 0 Å². The van der Waals surface area contributed by atoms with E-state index in [0.29, 0.717) is 18.4 Å². The summed E-state index contributed by atoms with van der Waals surface area (Å²) in [6.45, 7) is 3.95. The molecule has 1 rings (SSSR count). The van der Waals surface area contributed by atoms with Crippen molar-refractivity contribution >= 4 is 35.6 Å². The summed E-state index contributed by atoms with van der Waals surface area (Å²) in [5.41, 5.74) is 22.5. The number of aliphatic imine (C=N–C) groups is 1. The second kappa shape index (κ2) is 16.6. The fourth-order valence-electron chi connectivity index (χ4n) is 3.67. The van der Waals surface area contributed by atoms with Crippen molar-refractivity contribution in [1.29, 1.82) is 0 Å². The standard InChI is InChI=1S/C25H40N8O6/c1-14(2)11-16(26)21(35)31-17(9-6-10-30-25(28)29)22(36)32-18(13-20(27)34)23(37)33-19(24(38)39)12-15-7-4-3-5-8-15/h3-5,7-8,14,16-19H,6,9-13,26H2,1-2H3,(H2,27,34)(H,31,35)(H,32,36)(H,33,37)(H,38,39)(H4,28,29,30). The van der Waals surface area contributed by atoms with E-state index in [1.54, 1.807) is 30.3 Å². The van der Waals surface area contributed by atoms with Crippen molar-refractivity contribution in [3.63, 3.8) is 0 Å². The SMILES string of the molecule is CC(C)CC(N)C(=O)NC(CCCN=C(N)N)C(=O)NC(CC(N)=O)C(=O)NC(Cc1ccccc1)C(=O)O. The van der Waals surface area contributed by atoms with Gasteiger partial charge < -0.3 is 44.0 Å². The first kappa shape index (κ1) is 32.8. The van der Waals surface area contributed by atoms with Crippen LogP contribution >= 0.6 is 0 Å². The second-order valence-corrected chi connectivity index (χ2v) is 9.57. The van der Waals surface area contributed by atoms with Crippen LogP contribution in [0.15, 0.2) is 35.3 Å². The van der Waals surface area contributed by atoms with E-state index in [-0.39, 0.29) is 31.3 Å². The summed E-state index contributed by atoms with van der Waals surface area (Å²) >= 11 is 0. The lowest BCUT2D eigenvalue weighted by Gasteiger charge is -2.25. The van der Waals surface area contributed by atoms with Crippen LogP contribution in [0, 0.1) is 5.92 Å². The molecule has 14 heteroatoms. The Hall–Kier alpha value is -4.20. The number of carboxylic acid groups (broad SMARTS) is 1. The quantitative estimate of drug-likeness (QED) is 0.0611. The lowest BCUT2D eigenvalue weighted by molar-refractivity contribution is -0.142. The third kappa shape index (κ3) is 13.2. The third-order valence-electron chi connectivity index (χ3n) is 5.58. The van der Waals surface area contributed by atoms with E-state index in [1.165, 1.54) is 0 Å². The topological polar surface area (TPSA) is 258 Å². The van der Waals surface area contributed by atoms with Crippen molar-refractivity contribution in [2.24, 2.45) is 33.8 Å². The first-order valence-electron chi connectivity index (χ1n) is 12.6. The molecule has 12 N–H and O–H groups in total. The molecule has 0 aliphatic heterocycles. The van der Waals surface area contributed by atoms with Crippen molar-refractivity contribution in [3.8, 4) is 0 Å². The van der Waals surface area contributed by atoms with Crippen molar-refractivity contribution in [1.82, 2.24) is 16.0 Å². The molecule has 0 saturated carbocycles. The minimum Gasteiger partial charge on any atom is -0.480 e. The number of carbonyl (C=O) groups excluding carboxylic acids is 4. The Morgan fingerprint density at radius 3 is 1.97 bits per heavy atom. The van der Waals surface area contributed by atoms with E-state index in [0.717, 1.165) is 0 Å². The van der Waals surface area contributed by atoms with Gasteiger partial charge in [-0.05, 0) is 30.7 Å². The van der Waals surface area contributed by atoms with Gasteiger partial charge >= 0.3 is 5.97 Å². The lowest BCUT2D eigenvalue weighted by Crippen LogP contribution is -2.58. The number of guanidine groups is 1. The van der Waals surface area contributed by atoms with Crippen LogP contribution in [-0.4, -0.2) is 71.4 Å². The molecule has 4 amide bonds. The molecule has 0 heterocycles. The molecule has 0 spiro atoms. The van der Waals surface area contributed by atoms with Gasteiger partial charge in [-0.15, -0.1) is 0 Å². The maximum absolute atomic E-state index is 13.2. The number of benzene rings is 1. The van der Waals surface area contributed by atoms with Gasteiger partial charge in [-0.2, -0.15) is 0 Å². The van der Waals surface area contributed by atoms with E-state index in [1.807, 2.05) is 13.8 Å². The summed E-state index contributed by atoms with van der Waals surface area (Å²) in [7, 11) is 0. The highest BCUT2D eigenvalue weighted by molar-refractivity contribution is 5.96. The van der Waals surface area contributed by atoms with Crippen LogP contribution < -0.4 is 38.9 Å². The summed E-state index contributed by atoms with van der Waals surface area (Å²) in [5.74, 6) is -4.51. The summed E-state index contributed by atoms with van der Waals surface area (Å²) < 4.78 is 0. The number of rotatable bonds is 17. The zero-order valence-corrected chi connectivity index (χ0v) is 22.3. The first-order chi connectivity index (χ1) is 18.3. The van der Waals surface area contributed by atoms with E-state index in [2.05, 4.69) is 20.9 Å². The third-order valence-corrected chi connectivity index (χ3v) is 5.58. The number of carbonyl (C=O) groups is 5. The fourth-order valence-corrected chi connectivity index (χ4v) is 3.67. The molecule has 1 aromatic carbocycles. The van der Waals surface area contributed by atoms with Crippen LogP contribution in [0.5, 0.6) is 0 Å². The van der Waals surface area contributed by atoms with Crippen LogP contribution in [0.2, 0.25) is 0 Å². The minimum atomic E-state index is -1.49. The van der Waals surface area contributed by atoms with E-state index in [9.17, 15) is 29.1 Å². The van der Waals surface area contributed by atoms with E-state index in [4.69, 9.17) is 22.9 Å². The molecule has 39 heavy (non-hydrogen) atoms. The second-order valence-electron chi connectivity index (χ2n) is 9.57. The van der Waals surface area contributed by atoms with Crippen LogP contribution in [0.1, 0.15) is 45.1 Å². The molecule has 4 unspecified atom stereocenters. The number of nitrogens with zero attached hydrogens (tertiary/aromatic N) is 1. The number of primary amides is 1. The Bertz CT molecular complexity index is 1010. The van der Waals surface area contributed by atoms with Crippen molar-refractivity contribution in [2.75, 3.05) is 6.54 Å². The van der Waals surface area contributed by atoms with Crippen molar-refractivity contribution in [2.45, 2.75) is 70.1 Å². The summed E-state index contributed by atoms with van der Waals surface area (Å²) in [6.07, 6.45) is 0.117. The summed E-state index contributed by atoms with van der Waals surface area (Å²) in [4.78, 5) is 66.1. The maximum atomic E-state index is 13.2.